The van der Waals surface area contributed by atoms with E-state index < -0.39 is 0 Å². The molecule has 0 amide bonds. The molecule has 1 aliphatic rings. The molecule has 3 rings (SSSR count). The van der Waals surface area contributed by atoms with Gasteiger partial charge in [0.2, 0.25) is 0 Å². The van der Waals surface area contributed by atoms with Gasteiger partial charge in [-0.15, -0.1) is 12.4 Å². The van der Waals surface area contributed by atoms with Crippen molar-refractivity contribution in [3.63, 3.8) is 0 Å². The van der Waals surface area contributed by atoms with Crippen molar-refractivity contribution in [1.29, 1.82) is 0 Å². The standard InChI is InChI=1S/C20H24FNO3.ClH/c1-4-24-18-10-13-8-9-22-20(15(13)12-19(18)25-5-2)16-11-14(23-3)6-7-17(16)21;/h6-7,10-12,20,22H,4-5,8-9H2,1-3H3;1H. The lowest BCUT2D eigenvalue weighted by atomic mass is 9.89. The van der Waals surface area contributed by atoms with Crippen LogP contribution in [0.5, 0.6) is 17.2 Å². The SMILES string of the molecule is CCOc1cc2c(cc1OCC)C(c1cc(OC)ccc1F)NCC2.Cl. The van der Waals surface area contributed by atoms with Crippen molar-refractivity contribution in [3.8, 4) is 17.2 Å². The van der Waals surface area contributed by atoms with E-state index in [-0.39, 0.29) is 24.3 Å². The van der Waals surface area contributed by atoms with Gasteiger partial charge in [-0.1, -0.05) is 0 Å². The number of fused-ring (bicyclic) bond motifs is 1. The first-order valence-electron chi connectivity index (χ1n) is 8.67. The molecule has 0 bridgehead atoms. The maximum atomic E-state index is 14.5. The highest BCUT2D eigenvalue weighted by Gasteiger charge is 2.26. The van der Waals surface area contributed by atoms with Gasteiger partial charge in [-0.2, -0.15) is 0 Å². The number of methoxy groups -OCH3 is 1. The summed E-state index contributed by atoms with van der Waals surface area (Å²) < 4.78 is 31.2. The maximum Gasteiger partial charge on any atom is 0.161 e. The van der Waals surface area contributed by atoms with Crippen LogP contribution in [-0.2, 0) is 6.42 Å². The molecule has 142 valence electrons. The molecular weight excluding hydrogens is 357 g/mol. The summed E-state index contributed by atoms with van der Waals surface area (Å²) in [5.74, 6) is 1.83. The predicted octanol–water partition coefficient (Wildman–Crippen LogP) is 4.29. The molecule has 1 N–H and O–H groups in total. The molecule has 0 radical (unpaired) electrons. The van der Waals surface area contributed by atoms with E-state index in [0.717, 1.165) is 29.8 Å². The van der Waals surface area contributed by atoms with Gasteiger partial charge in [0.1, 0.15) is 11.6 Å². The number of benzene rings is 2. The second kappa shape index (κ2) is 9.10. The number of hydrogen-bond donors (Lipinski definition) is 1. The fraction of sp³-hybridized carbons (Fsp3) is 0.400. The van der Waals surface area contributed by atoms with Crippen LogP contribution in [0.15, 0.2) is 30.3 Å². The third-order valence-corrected chi connectivity index (χ3v) is 4.37. The normalized spacial score (nSPS) is 15.6. The first-order chi connectivity index (χ1) is 12.2. The van der Waals surface area contributed by atoms with E-state index in [1.54, 1.807) is 19.2 Å². The molecule has 0 aromatic heterocycles. The van der Waals surface area contributed by atoms with Crippen LogP contribution in [0.1, 0.15) is 36.6 Å². The number of halogens is 2. The molecule has 0 saturated carbocycles. The van der Waals surface area contributed by atoms with Crippen molar-refractivity contribution in [2.24, 2.45) is 0 Å². The van der Waals surface area contributed by atoms with Crippen molar-refractivity contribution in [3.05, 3.63) is 52.8 Å². The van der Waals surface area contributed by atoms with Crippen LogP contribution in [-0.4, -0.2) is 26.9 Å². The molecule has 1 atom stereocenters. The Bertz CT molecular complexity index is 754. The number of hydrogen-bond acceptors (Lipinski definition) is 4. The van der Waals surface area contributed by atoms with Gasteiger partial charge < -0.3 is 19.5 Å². The zero-order valence-corrected chi connectivity index (χ0v) is 16.1. The second-order valence-corrected chi connectivity index (χ2v) is 5.89. The quantitative estimate of drug-likeness (QED) is 0.810. The number of ether oxygens (including phenoxy) is 3. The third-order valence-electron chi connectivity index (χ3n) is 4.37. The summed E-state index contributed by atoms with van der Waals surface area (Å²) in [4.78, 5) is 0. The van der Waals surface area contributed by atoms with E-state index in [1.807, 2.05) is 26.0 Å². The summed E-state index contributed by atoms with van der Waals surface area (Å²) in [5.41, 5.74) is 2.75. The topological polar surface area (TPSA) is 39.7 Å². The lowest BCUT2D eigenvalue weighted by Gasteiger charge is -2.29. The van der Waals surface area contributed by atoms with Crippen LogP contribution in [0.3, 0.4) is 0 Å². The van der Waals surface area contributed by atoms with Crippen molar-refractivity contribution in [2.75, 3.05) is 26.9 Å². The Morgan fingerprint density at radius 2 is 1.73 bits per heavy atom. The summed E-state index contributed by atoms with van der Waals surface area (Å²) in [6.45, 7) is 5.78. The molecule has 2 aromatic rings. The number of nitrogens with one attached hydrogen (secondary N) is 1. The summed E-state index contributed by atoms with van der Waals surface area (Å²) in [7, 11) is 1.58. The first kappa shape index (κ1) is 20.3. The van der Waals surface area contributed by atoms with Gasteiger partial charge >= 0.3 is 0 Å². The minimum atomic E-state index is -0.252. The second-order valence-electron chi connectivity index (χ2n) is 5.89. The first-order valence-corrected chi connectivity index (χ1v) is 8.67. The molecule has 0 aliphatic carbocycles. The lowest BCUT2D eigenvalue weighted by molar-refractivity contribution is 0.286. The predicted molar refractivity (Wildman–Crippen MR) is 103 cm³/mol. The van der Waals surface area contributed by atoms with Gasteiger partial charge in [-0.3, -0.25) is 0 Å². The Kier molecular flexibility index (Phi) is 7.12. The van der Waals surface area contributed by atoms with E-state index in [4.69, 9.17) is 14.2 Å². The average Bonchev–Trinajstić information content (AvgIpc) is 2.63. The van der Waals surface area contributed by atoms with Gasteiger partial charge in [0, 0.05) is 12.1 Å². The van der Waals surface area contributed by atoms with Gasteiger partial charge in [0.15, 0.2) is 11.5 Å². The summed E-state index contributed by atoms with van der Waals surface area (Å²) in [6.07, 6.45) is 0.865. The van der Waals surface area contributed by atoms with Crippen molar-refractivity contribution < 1.29 is 18.6 Å². The minimum Gasteiger partial charge on any atom is -0.497 e. The molecule has 2 aromatic carbocycles. The Hall–Kier alpha value is -1.98. The highest BCUT2D eigenvalue weighted by Crippen LogP contribution is 2.39. The zero-order chi connectivity index (χ0) is 17.8. The Labute approximate surface area is 160 Å². The van der Waals surface area contributed by atoms with Crippen LogP contribution in [0.25, 0.3) is 0 Å². The fourth-order valence-electron chi connectivity index (χ4n) is 3.25. The van der Waals surface area contributed by atoms with Crippen LogP contribution in [0.4, 0.5) is 4.39 Å². The van der Waals surface area contributed by atoms with Crippen LogP contribution < -0.4 is 19.5 Å². The average molecular weight is 382 g/mol. The molecule has 1 heterocycles. The highest BCUT2D eigenvalue weighted by molar-refractivity contribution is 5.85. The minimum absolute atomic E-state index is 0. The summed E-state index contributed by atoms with van der Waals surface area (Å²) in [5, 5.41) is 3.41. The zero-order valence-electron chi connectivity index (χ0n) is 15.3. The molecule has 0 saturated heterocycles. The van der Waals surface area contributed by atoms with Crippen LogP contribution in [0, 0.1) is 5.82 Å². The van der Waals surface area contributed by atoms with E-state index in [9.17, 15) is 4.39 Å². The Balaban J connectivity index is 0.00000243. The monoisotopic (exact) mass is 381 g/mol. The molecule has 26 heavy (non-hydrogen) atoms. The summed E-state index contributed by atoms with van der Waals surface area (Å²) in [6, 6.07) is 8.58. The maximum absolute atomic E-state index is 14.5. The summed E-state index contributed by atoms with van der Waals surface area (Å²) >= 11 is 0. The van der Waals surface area contributed by atoms with Crippen molar-refractivity contribution >= 4 is 12.4 Å². The van der Waals surface area contributed by atoms with Gasteiger partial charge in [-0.05, 0) is 61.7 Å². The van der Waals surface area contributed by atoms with Gasteiger partial charge in [0.25, 0.3) is 0 Å². The highest BCUT2D eigenvalue weighted by atomic mass is 35.5. The fourth-order valence-corrected chi connectivity index (χ4v) is 3.25. The van der Waals surface area contributed by atoms with E-state index in [0.29, 0.717) is 30.3 Å². The molecular formula is C20H25ClFNO3. The molecule has 6 heteroatoms. The van der Waals surface area contributed by atoms with E-state index in [2.05, 4.69) is 5.32 Å². The molecule has 0 fully saturated rings. The van der Waals surface area contributed by atoms with Crippen molar-refractivity contribution in [1.82, 2.24) is 5.32 Å². The lowest BCUT2D eigenvalue weighted by Crippen LogP contribution is -2.31. The van der Waals surface area contributed by atoms with E-state index in [1.165, 1.54) is 6.07 Å². The Morgan fingerprint density at radius 3 is 2.38 bits per heavy atom. The molecule has 1 aliphatic heterocycles. The van der Waals surface area contributed by atoms with E-state index >= 15 is 0 Å². The Morgan fingerprint density at radius 1 is 1.04 bits per heavy atom. The van der Waals surface area contributed by atoms with Gasteiger partial charge in [0.05, 0.1) is 26.4 Å². The van der Waals surface area contributed by atoms with Gasteiger partial charge in [-0.25, -0.2) is 4.39 Å². The molecule has 4 nitrogen and oxygen atoms in total. The smallest absolute Gasteiger partial charge is 0.161 e. The van der Waals surface area contributed by atoms with Crippen LogP contribution >= 0.6 is 12.4 Å². The van der Waals surface area contributed by atoms with Crippen LogP contribution in [0.2, 0.25) is 0 Å². The van der Waals surface area contributed by atoms with Crippen molar-refractivity contribution in [2.45, 2.75) is 26.3 Å². The largest absolute Gasteiger partial charge is 0.497 e. The molecule has 0 spiro atoms. The number of rotatable bonds is 6. The third kappa shape index (κ3) is 4.05. The molecule has 1 unspecified atom stereocenters.